The third-order valence-electron chi connectivity index (χ3n) is 4.11. The monoisotopic (exact) mass is 378 g/mol. The van der Waals surface area contributed by atoms with Gasteiger partial charge in [0.1, 0.15) is 11.6 Å². The predicted octanol–water partition coefficient (Wildman–Crippen LogP) is 3.65. The lowest BCUT2D eigenvalue weighted by molar-refractivity contribution is 0.405. The number of ether oxygens (including phenoxy) is 1. The lowest BCUT2D eigenvalue weighted by Crippen LogP contribution is -2.17. The third kappa shape index (κ3) is 5.65. The van der Waals surface area contributed by atoms with Crippen molar-refractivity contribution in [1.29, 1.82) is 0 Å². The highest BCUT2D eigenvalue weighted by Gasteiger charge is 2.08. The first-order valence-electron chi connectivity index (χ1n) is 9.23. The fourth-order valence-electron chi connectivity index (χ4n) is 2.71. The second-order valence-electron chi connectivity index (χ2n) is 6.64. The van der Waals surface area contributed by atoms with Gasteiger partial charge in [0.25, 0.3) is 0 Å². The van der Waals surface area contributed by atoms with E-state index in [9.17, 15) is 0 Å². The summed E-state index contributed by atoms with van der Waals surface area (Å²) in [6.07, 6.45) is 4.53. The average Bonchev–Trinajstić information content (AvgIpc) is 2.72. The lowest BCUT2D eigenvalue weighted by Gasteiger charge is -2.13. The fraction of sp³-hybridized carbons (Fsp3) is 0.286. The summed E-state index contributed by atoms with van der Waals surface area (Å²) in [5, 5.41) is 6.67. The minimum absolute atomic E-state index is 0.596. The fourth-order valence-corrected chi connectivity index (χ4v) is 2.71. The molecule has 0 unspecified atom stereocenters. The summed E-state index contributed by atoms with van der Waals surface area (Å²) in [5.41, 5.74) is 2.72. The van der Waals surface area contributed by atoms with Crippen LogP contribution in [-0.4, -0.2) is 54.1 Å². The van der Waals surface area contributed by atoms with E-state index in [1.807, 2.05) is 42.5 Å². The number of nitrogens with zero attached hydrogens (tertiary/aromatic N) is 4. The van der Waals surface area contributed by atoms with Crippen molar-refractivity contribution >= 4 is 17.5 Å². The van der Waals surface area contributed by atoms with Crippen LogP contribution in [0.15, 0.2) is 54.9 Å². The maximum absolute atomic E-state index is 5.30. The van der Waals surface area contributed by atoms with E-state index in [0.717, 1.165) is 42.2 Å². The summed E-state index contributed by atoms with van der Waals surface area (Å²) < 4.78 is 5.30. The van der Waals surface area contributed by atoms with Crippen LogP contribution < -0.4 is 15.4 Å². The Morgan fingerprint density at radius 1 is 1.04 bits per heavy atom. The van der Waals surface area contributed by atoms with E-state index in [1.165, 1.54) is 0 Å². The topological polar surface area (TPSA) is 75.2 Å². The summed E-state index contributed by atoms with van der Waals surface area (Å²) in [5.74, 6) is 2.10. The predicted molar refractivity (Wildman–Crippen MR) is 113 cm³/mol. The number of nitrogens with one attached hydrogen (secondary N) is 2. The molecule has 2 aromatic heterocycles. The zero-order valence-corrected chi connectivity index (χ0v) is 16.5. The van der Waals surface area contributed by atoms with E-state index in [1.54, 1.807) is 19.5 Å². The van der Waals surface area contributed by atoms with Crippen molar-refractivity contribution in [2.75, 3.05) is 44.9 Å². The first-order chi connectivity index (χ1) is 13.6. The molecule has 28 heavy (non-hydrogen) atoms. The molecule has 0 amide bonds. The molecule has 3 aromatic rings. The highest BCUT2D eigenvalue weighted by Crippen LogP contribution is 2.25. The zero-order chi connectivity index (χ0) is 19.8. The molecule has 146 valence electrons. The first-order valence-corrected chi connectivity index (χ1v) is 9.23. The molecule has 0 radical (unpaired) electrons. The maximum Gasteiger partial charge on any atom is 0.225 e. The molecule has 0 aliphatic carbocycles. The Morgan fingerprint density at radius 2 is 1.86 bits per heavy atom. The van der Waals surface area contributed by atoms with Crippen molar-refractivity contribution in [1.82, 2.24) is 19.9 Å². The quantitative estimate of drug-likeness (QED) is 0.550. The largest absolute Gasteiger partial charge is 0.497 e. The van der Waals surface area contributed by atoms with Gasteiger partial charge in [0.05, 0.1) is 12.8 Å². The molecule has 0 saturated heterocycles. The molecule has 7 heteroatoms. The summed E-state index contributed by atoms with van der Waals surface area (Å²) in [6, 6.07) is 13.6. The molecule has 0 fully saturated rings. The molecule has 0 spiro atoms. The molecule has 7 nitrogen and oxygen atoms in total. The van der Waals surface area contributed by atoms with Crippen molar-refractivity contribution in [3.63, 3.8) is 0 Å². The normalized spacial score (nSPS) is 10.7. The van der Waals surface area contributed by atoms with Crippen molar-refractivity contribution < 1.29 is 4.74 Å². The van der Waals surface area contributed by atoms with E-state index in [2.05, 4.69) is 44.6 Å². The summed E-state index contributed by atoms with van der Waals surface area (Å²) >= 11 is 0. The van der Waals surface area contributed by atoms with Crippen LogP contribution in [-0.2, 0) is 0 Å². The van der Waals surface area contributed by atoms with Crippen LogP contribution in [0, 0.1) is 0 Å². The Bertz CT molecular complexity index is 885. The van der Waals surface area contributed by atoms with Crippen molar-refractivity contribution in [3.8, 4) is 17.0 Å². The van der Waals surface area contributed by atoms with Gasteiger partial charge in [-0.1, -0.05) is 6.07 Å². The minimum atomic E-state index is 0.596. The number of methoxy groups -OCH3 is 1. The van der Waals surface area contributed by atoms with Gasteiger partial charge in [-0.3, -0.25) is 4.98 Å². The number of benzene rings is 1. The second-order valence-corrected chi connectivity index (χ2v) is 6.64. The van der Waals surface area contributed by atoms with Gasteiger partial charge < -0.3 is 20.3 Å². The van der Waals surface area contributed by atoms with Gasteiger partial charge in [0, 0.05) is 42.3 Å². The van der Waals surface area contributed by atoms with Crippen molar-refractivity contribution in [3.05, 3.63) is 54.9 Å². The first kappa shape index (κ1) is 19.6. The van der Waals surface area contributed by atoms with E-state index >= 15 is 0 Å². The second kappa shape index (κ2) is 9.66. The average molecular weight is 378 g/mol. The highest BCUT2D eigenvalue weighted by molar-refractivity contribution is 5.67. The minimum Gasteiger partial charge on any atom is -0.497 e. The molecule has 2 heterocycles. The number of aromatic nitrogens is 3. The molecule has 3 rings (SSSR count). The SMILES string of the molecule is COc1cccc(Nc2cc(-c3ccncc3)nc(NCCCN(C)C)n2)c1. The number of pyridine rings is 1. The molecule has 0 aliphatic heterocycles. The van der Waals surface area contributed by atoms with Crippen LogP contribution in [0.5, 0.6) is 5.75 Å². The van der Waals surface area contributed by atoms with Gasteiger partial charge >= 0.3 is 0 Å². The van der Waals surface area contributed by atoms with Gasteiger partial charge in [-0.2, -0.15) is 4.98 Å². The van der Waals surface area contributed by atoms with Crippen molar-refractivity contribution in [2.24, 2.45) is 0 Å². The van der Waals surface area contributed by atoms with Gasteiger partial charge in [-0.05, 0) is 51.3 Å². The van der Waals surface area contributed by atoms with Crippen LogP contribution in [0.3, 0.4) is 0 Å². The Labute approximate surface area is 165 Å². The van der Waals surface area contributed by atoms with Crippen LogP contribution in [0.25, 0.3) is 11.3 Å². The lowest BCUT2D eigenvalue weighted by atomic mass is 10.2. The maximum atomic E-state index is 5.30. The highest BCUT2D eigenvalue weighted by atomic mass is 16.5. The Balaban J connectivity index is 1.84. The summed E-state index contributed by atoms with van der Waals surface area (Å²) in [4.78, 5) is 15.5. The molecule has 1 aromatic carbocycles. The van der Waals surface area contributed by atoms with Crippen molar-refractivity contribution in [2.45, 2.75) is 6.42 Å². The van der Waals surface area contributed by atoms with Crippen LogP contribution in [0.2, 0.25) is 0 Å². The van der Waals surface area contributed by atoms with Crippen LogP contribution in [0.1, 0.15) is 6.42 Å². The zero-order valence-electron chi connectivity index (χ0n) is 16.5. The van der Waals surface area contributed by atoms with E-state index in [4.69, 9.17) is 4.74 Å². The molecular weight excluding hydrogens is 352 g/mol. The van der Waals surface area contributed by atoms with Gasteiger partial charge in [0.15, 0.2) is 0 Å². The van der Waals surface area contributed by atoms with Gasteiger partial charge in [-0.25, -0.2) is 4.98 Å². The number of hydrogen-bond acceptors (Lipinski definition) is 7. The molecule has 2 N–H and O–H groups in total. The Morgan fingerprint density at radius 3 is 2.61 bits per heavy atom. The number of rotatable bonds is 9. The van der Waals surface area contributed by atoms with E-state index in [-0.39, 0.29) is 0 Å². The molecular formula is C21H26N6O. The molecule has 0 saturated carbocycles. The smallest absolute Gasteiger partial charge is 0.225 e. The summed E-state index contributed by atoms with van der Waals surface area (Å²) in [6.45, 7) is 1.81. The summed E-state index contributed by atoms with van der Waals surface area (Å²) in [7, 11) is 5.79. The Hall–Kier alpha value is -3.19. The third-order valence-corrected chi connectivity index (χ3v) is 4.11. The van der Waals surface area contributed by atoms with Crippen LogP contribution in [0.4, 0.5) is 17.5 Å². The standard InChI is InChI=1S/C21H26N6O/c1-27(2)13-5-10-23-21-25-19(16-8-11-22-12-9-16)15-20(26-21)24-17-6-4-7-18(14-17)28-3/h4,6-9,11-12,14-15H,5,10,13H2,1-3H3,(H2,23,24,25,26). The van der Waals surface area contributed by atoms with Gasteiger partial charge in [0.2, 0.25) is 5.95 Å². The number of anilines is 3. The Kier molecular flexibility index (Phi) is 6.75. The van der Waals surface area contributed by atoms with Crippen LogP contribution >= 0.6 is 0 Å². The van der Waals surface area contributed by atoms with E-state index in [0.29, 0.717) is 11.8 Å². The van der Waals surface area contributed by atoms with Gasteiger partial charge in [-0.15, -0.1) is 0 Å². The molecule has 0 atom stereocenters. The molecule has 0 aliphatic rings. The molecule has 0 bridgehead atoms. The number of hydrogen-bond donors (Lipinski definition) is 2. The van der Waals surface area contributed by atoms with E-state index < -0.39 is 0 Å².